The maximum atomic E-state index is 13.1. The van der Waals surface area contributed by atoms with Gasteiger partial charge in [0.15, 0.2) is 0 Å². The lowest BCUT2D eigenvalue weighted by atomic mass is 10.0. The van der Waals surface area contributed by atoms with Crippen LogP contribution in [0, 0.1) is 0 Å². The van der Waals surface area contributed by atoms with Gasteiger partial charge in [0, 0.05) is 25.1 Å². The third kappa shape index (κ3) is 3.50. The number of likely N-dealkylation sites (tertiary alicyclic amines) is 1. The minimum atomic E-state index is -0.123. The molecular formula is C19H26N4O. The topological polar surface area (TPSA) is 51.0 Å². The molecular weight excluding hydrogens is 300 g/mol. The number of hydrogen-bond donors (Lipinski definition) is 0. The van der Waals surface area contributed by atoms with E-state index in [1.54, 1.807) is 18.6 Å². The first-order chi connectivity index (χ1) is 11.5. The molecule has 0 saturated carbocycles. The summed E-state index contributed by atoms with van der Waals surface area (Å²) in [4.78, 5) is 19.3. The minimum Gasteiger partial charge on any atom is -0.332 e. The molecule has 5 nitrogen and oxygen atoms in total. The number of hydrogen-bond acceptors (Lipinski definition) is 3. The Labute approximate surface area is 143 Å². The first-order valence-corrected chi connectivity index (χ1v) is 8.73. The molecule has 0 N–H and O–H groups in total. The second-order valence-corrected chi connectivity index (χ2v) is 7.49. The highest BCUT2D eigenvalue weighted by molar-refractivity contribution is 5.94. The predicted molar refractivity (Wildman–Crippen MR) is 93.7 cm³/mol. The van der Waals surface area contributed by atoms with E-state index in [-0.39, 0.29) is 17.5 Å². The van der Waals surface area contributed by atoms with E-state index in [0.29, 0.717) is 5.56 Å². The SMILES string of the molecule is CC(C)(C)n1cc(C(=O)N2CCCCC[C@H]2c2ccncc2)cn1. The zero-order chi connectivity index (χ0) is 17.2. The van der Waals surface area contributed by atoms with Gasteiger partial charge in [-0.15, -0.1) is 0 Å². The van der Waals surface area contributed by atoms with Gasteiger partial charge in [-0.25, -0.2) is 0 Å². The molecule has 1 atom stereocenters. The van der Waals surface area contributed by atoms with Gasteiger partial charge in [0.05, 0.1) is 23.3 Å². The minimum absolute atomic E-state index is 0.0780. The fourth-order valence-corrected chi connectivity index (χ4v) is 3.25. The van der Waals surface area contributed by atoms with Crippen molar-refractivity contribution >= 4 is 5.91 Å². The molecule has 3 rings (SSSR count). The number of aromatic nitrogens is 3. The van der Waals surface area contributed by atoms with Crippen LogP contribution in [0.3, 0.4) is 0 Å². The smallest absolute Gasteiger partial charge is 0.257 e. The van der Waals surface area contributed by atoms with Crippen LogP contribution < -0.4 is 0 Å². The van der Waals surface area contributed by atoms with Crippen molar-refractivity contribution < 1.29 is 4.79 Å². The molecule has 1 aliphatic heterocycles. The van der Waals surface area contributed by atoms with Crippen LogP contribution in [-0.4, -0.2) is 32.1 Å². The van der Waals surface area contributed by atoms with E-state index in [0.717, 1.165) is 25.8 Å². The molecule has 2 aromatic rings. The molecule has 3 heterocycles. The van der Waals surface area contributed by atoms with Crippen LogP contribution in [0.15, 0.2) is 36.9 Å². The van der Waals surface area contributed by atoms with Crippen molar-refractivity contribution in [2.24, 2.45) is 0 Å². The van der Waals surface area contributed by atoms with Crippen LogP contribution in [-0.2, 0) is 5.54 Å². The summed E-state index contributed by atoms with van der Waals surface area (Å²) in [6, 6.07) is 4.17. The van der Waals surface area contributed by atoms with Crippen LogP contribution in [0.2, 0.25) is 0 Å². The first kappa shape index (κ1) is 16.7. The van der Waals surface area contributed by atoms with E-state index in [1.807, 2.05) is 27.9 Å². The Kier molecular flexibility index (Phi) is 4.69. The summed E-state index contributed by atoms with van der Waals surface area (Å²) < 4.78 is 1.86. The second-order valence-electron chi connectivity index (χ2n) is 7.49. The second kappa shape index (κ2) is 6.75. The van der Waals surface area contributed by atoms with Crippen LogP contribution in [0.1, 0.15) is 68.4 Å². The lowest BCUT2D eigenvalue weighted by Gasteiger charge is -2.30. The first-order valence-electron chi connectivity index (χ1n) is 8.73. The monoisotopic (exact) mass is 326 g/mol. The van der Waals surface area contributed by atoms with E-state index in [9.17, 15) is 4.79 Å². The maximum Gasteiger partial charge on any atom is 0.257 e. The fraction of sp³-hybridized carbons (Fsp3) is 0.526. The van der Waals surface area contributed by atoms with Gasteiger partial charge in [0.2, 0.25) is 0 Å². The highest BCUT2D eigenvalue weighted by atomic mass is 16.2. The third-order valence-corrected chi connectivity index (χ3v) is 4.62. The number of nitrogens with zero attached hydrogens (tertiary/aromatic N) is 4. The quantitative estimate of drug-likeness (QED) is 0.843. The molecule has 128 valence electrons. The van der Waals surface area contributed by atoms with Gasteiger partial charge in [-0.3, -0.25) is 14.5 Å². The summed E-state index contributed by atoms with van der Waals surface area (Å²) in [7, 11) is 0. The van der Waals surface area contributed by atoms with Crippen molar-refractivity contribution in [3.63, 3.8) is 0 Å². The number of rotatable bonds is 2. The molecule has 2 aromatic heterocycles. The highest BCUT2D eigenvalue weighted by Crippen LogP contribution is 2.31. The van der Waals surface area contributed by atoms with Crippen LogP contribution in [0.5, 0.6) is 0 Å². The van der Waals surface area contributed by atoms with E-state index in [2.05, 4.69) is 30.9 Å². The normalized spacial score (nSPS) is 19.1. The molecule has 5 heteroatoms. The van der Waals surface area contributed by atoms with Crippen LogP contribution in [0.4, 0.5) is 0 Å². The van der Waals surface area contributed by atoms with E-state index in [4.69, 9.17) is 0 Å². The zero-order valence-electron chi connectivity index (χ0n) is 14.8. The van der Waals surface area contributed by atoms with Gasteiger partial charge in [0.1, 0.15) is 0 Å². The fourth-order valence-electron chi connectivity index (χ4n) is 3.25. The Balaban J connectivity index is 1.89. The summed E-state index contributed by atoms with van der Waals surface area (Å²) in [5.41, 5.74) is 1.72. The molecule has 0 unspecified atom stereocenters. The molecule has 1 fully saturated rings. The average molecular weight is 326 g/mol. The van der Waals surface area contributed by atoms with Gasteiger partial charge in [-0.05, 0) is 51.3 Å². The third-order valence-electron chi connectivity index (χ3n) is 4.62. The van der Waals surface area contributed by atoms with Gasteiger partial charge in [-0.1, -0.05) is 12.8 Å². The van der Waals surface area contributed by atoms with E-state index < -0.39 is 0 Å². The molecule has 1 amide bonds. The molecule has 24 heavy (non-hydrogen) atoms. The highest BCUT2D eigenvalue weighted by Gasteiger charge is 2.28. The molecule has 0 spiro atoms. The average Bonchev–Trinajstić information content (AvgIpc) is 2.94. The zero-order valence-corrected chi connectivity index (χ0v) is 14.8. The van der Waals surface area contributed by atoms with Gasteiger partial charge in [0.25, 0.3) is 5.91 Å². The Morgan fingerprint density at radius 1 is 1.17 bits per heavy atom. The Hall–Kier alpha value is -2.17. The molecule has 0 aliphatic carbocycles. The summed E-state index contributed by atoms with van der Waals surface area (Å²) >= 11 is 0. The Morgan fingerprint density at radius 3 is 2.58 bits per heavy atom. The lowest BCUT2D eigenvalue weighted by molar-refractivity contribution is 0.0680. The molecule has 1 aliphatic rings. The van der Waals surface area contributed by atoms with Gasteiger partial charge < -0.3 is 4.90 Å². The maximum absolute atomic E-state index is 13.1. The van der Waals surface area contributed by atoms with Crippen molar-refractivity contribution in [3.05, 3.63) is 48.0 Å². The summed E-state index contributed by atoms with van der Waals surface area (Å²) in [5.74, 6) is 0.0780. The van der Waals surface area contributed by atoms with Crippen LogP contribution >= 0.6 is 0 Å². The standard InChI is InChI=1S/C19H26N4O/c1-19(2,3)23-14-16(13-21-23)18(24)22-12-6-4-5-7-17(22)15-8-10-20-11-9-15/h8-11,13-14,17H,4-7,12H2,1-3H3/t17-/m0/s1. The predicted octanol–water partition coefficient (Wildman–Crippen LogP) is 3.79. The van der Waals surface area contributed by atoms with Crippen molar-refractivity contribution in [3.8, 4) is 0 Å². The van der Waals surface area contributed by atoms with Gasteiger partial charge >= 0.3 is 0 Å². The Morgan fingerprint density at radius 2 is 1.92 bits per heavy atom. The van der Waals surface area contributed by atoms with Crippen molar-refractivity contribution in [1.29, 1.82) is 0 Å². The summed E-state index contributed by atoms with van der Waals surface area (Å²) in [6.07, 6.45) is 11.6. The number of amides is 1. The Bertz CT molecular complexity index is 687. The van der Waals surface area contributed by atoms with Crippen molar-refractivity contribution in [1.82, 2.24) is 19.7 Å². The number of carbonyl (C=O) groups excluding carboxylic acids is 1. The van der Waals surface area contributed by atoms with E-state index >= 15 is 0 Å². The van der Waals surface area contributed by atoms with E-state index in [1.165, 1.54) is 12.0 Å². The molecule has 0 aromatic carbocycles. The number of carbonyl (C=O) groups is 1. The lowest BCUT2D eigenvalue weighted by Crippen LogP contribution is -2.34. The van der Waals surface area contributed by atoms with Gasteiger partial charge in [-0.2, -0.15) is 5.10 Å². The summed E-state index contributed by atoms with van der Waals surface area (Å²) in [6.45, 7) is 7.05. The van der Waals surface area contributed by atoms with Crippen LogP contribution in [0.25, 0.3) is 0 Å². The summed E-state index contributed by atoms with van der Waals surface area (Å²) in [5, 5.41) is 4.38. The largest absolute Gasteiger partial charge is 0.332 e. The molecule has 0 radical (unpaired) electrons. The molecule has 1 saturated heterocycles. The van der Waals surface area contributed by atoms with Crippen molar-refractivity contribution in [2.45, 2.75) is 58.0 Å². The van der Waals surface area contributed by atoms with Crippen molar-refractivity contribution in [2.75, 3.05) is 6.54 Å². The molecule has 0 bridgehead atoms. The number of pyridine rings is 1.